The van der Waals surface area contributed by atoms with Crippen molar-refractivity contribution in [3.8, 4) is 0 Å². The van der Waals surface area contributed by atoms with Gasteiger partial charge in [-0.25, -0.2) is 9.21 Å². The highest BCUT2D eigenvalue weighted by atomic mass is 35.5. The van der Waals surface area contributed by atoms with Crippen LogP contribution >= 0.6 is 11.8 Å². The molecule has 1 unspecified atom stereocenters. The monoisotopic (exact) mass is 297 g/mol. The van der Waals surface area contributed by atoms with Gasteiger partial charge in [-0.15, -0.1) is 0 Å². The van der Waals surface area contributed by atoms with Gasteiger partial charge in [0, 0.05) is 19.2 Å². The van der Waals surface area contributed by atoms with Crippen molar-refractivity contribution >= 4 is 11.8 Å². The summed E-state index contributed by atoms with van der Waals surface area (Å²) in [6, 6.07) is -0.112. The fraction of sp³-hybridized carbons (Fsp3) is 0.600. The highest BCUT2D eigenvalue weighted by Gasteiger charge is 2.33. The summed E-state index contributed by atoms with van der Waals surface area (Å²) in [7, 11) is 0. The molecule has 0 bridgehead atoms. The Kier molecular flexibility index (Phi) is 3.73. The SMILES string of the molecule is O=c1cc(C(F)(F)F)[nH]c(=O)n1C1CCCN(Cl)C1. The first-order valence-electron chi connectivity index (χ1n) is 5.63. The minimum atomic E-state index is -4.75. The molecular weight excluding hydrogens is 287 g/mol. The second-order valence-corrected chi connectivity index (χ2v) is 4.84. The van der Waals surface area contributed by atoms with E-state index >= 15 is 0 Å². The van der Waals surface area contributed by atoms with Crippen LogP contribution < -0.4 is 11.2 Å². The predicted molar refractivity (Wildman–Crippen MR) is 62.0 cm³/mol. The average Bonchev–Trinajstić information content (AvgIpc) is 2.26. The van der Waals surface area contributed by atoms with E-state index in [0.717, 1.165) is 4.57 Å². The third-order valence-electron chi connectivity index (χ3n) is 2.98. The van der Waals surface area contributed by atoms with Gasteiger partial charge in [-0.05, 0) is 24.6 Å². The smallest absolute Gasteiger partial charge is 0.303 e. The van der Waals surface area contributed by atoms with Crippen LogP contribution in [0.2, 0.25) is 0 Å². The number of H-pyrrole nitrogens is 1. The van der Waals surface area contributed by atoms with Crippen molar-refractivity contribution in [2.45, 2.75) is 25.1 Å². The molecule has 1 aromatic heterocycles. The number of nitrogens with zero attached hydrogens (tertiary/aromatic N) is 2. The Labute approximate surface area is 110 Å². The fourth-order valence-corrected chi connectivity index (χ4v) is 2.40. The first-order valence-corrected chi connectivity index (χ1v) is 5.96. The zero-order chi connectivity index (χ0) is 14.2. The fourth-order valence-electron chi connectivity index (χ4n) is 2.12. The quantitative estimate of drug-likeness (QED) is 0.796. The summed E-state index contributed by atoms with van der Waals surface area (Å²) in [5.74, 6) is 0. The molecule has 1 aromatic rings. The average molecular weight is 298 g/mol. The Morgan fingerprint density at radius 2 is 2.05 bits per heavy atom. The van der Waals surface area contributed by atoms with E-state index in [9.17, 15) is 22.8 Å². The van der Waals surface area contributed by atoms with Crippen LogP contribution in [-0.2, 0) is 6.18 Å². The molecule has 0 saturated carbocycles. The van der Waals surface area contributed by atoms with Crippen LogP contribution in [0.25, 0.3) is 0 Å². The standard InChI is InChI=1S/C10H11ClF3N3O2/c11-16-3-1-2-6(5-16)17-8(18)4-7(10(12,13)14)15-9(17)19/h4,6H,1-3,5H2,(H,15,19). The maximum atomic E-state index is 12.4. The number of halogens is 4. The molecule has 1 N–H and O–H groups in total. The van der Waals surface area contributed by atoms with Crippen LogP contribution in [0.1, 0.15) is 24.6 Å². The van der Waals surface area contributed by atoms with Crippen molar-refractivity contribution in [3.63, 3.8) is 0 Å². The first-order chi connectivity index (χ1) is 8.79. The molecule has 2 heterocycles. The lowest BCUT2D eigenvalue weighted by molar-refractivity contribution is -0.141. The van der Waals surface area contributed by atoms with Gasteiger partial charge in [0.25, 0.3) is 5.56 Å². The molecule has 0 aliphatic carbocycles. The molecule has 5 nitrogen and oxygen atoms in total. The highest BCUT2D eigenvalue weighted by molar-refractivity contribution is 6.13. The summed E-state index contributed by atoms with van der Waals surface area (Å²) in [6.45, 7) is 0.862. The van der Waals surface area contributed by atoms with E-state index in [-0.39, 0.29) is 6.54 Å². The summed E-state index contributed by atoms with van der Waals surface area (Å²) in [4.78, 5) is 25.0. The van der Waals surface area contributed by atoms with Gasteiger partial charge >= 0.3 is 11.9 Å². The van der Waals surface area contributed by atoms with Gasteiger partial charge < -0.3 is 4.98 Å². The molecule has 19 heavy (non-hydrogen) atoms. The van der Waals surface area contributed by atoms with E-state index in [2.05, 4.69) is 0 Å². The summed E-state index contributed by atoms with van der Waals surface area (Å²) >= 11 is 5.80. The van der Waals surface area contributed by atoms with Crippen molar-refractivity contribution in [3.05, 3.63) is 32.6 Å². The number of rotatable bonds is 1. The van der Waals surface area contributed by atoms with Crippen molar-refractivity contribution in [2.24, 2.45) is 0 Å². The second-order valence-electron chi connectivity index (χ2n) is 4.36. The number of hydrogen-bond acceptors (Lipinski definition) is 3. The van der Waals surface area contributed by atoms with Gasteiger partial charge in [-0.1, -0.05) is 0 Å². The molecule has 1 fully saturated rings. The van der Waals surface area contributed by atoms with Crippen molar-refractivity contribution < 1.29 is 13.2 Å². The molecule has 1 atom stereocenters. The molecule has 2 rings (SSSR count). The number of aromatic amines is 1. The Bertz CT molecular complexity index is 549. The van der Waals surface area contributed by atoms with Gasteiger partial charge in [0.05, 0.1) is 6.04 Å². The lowest BCUT2D eigenvalue weighted by Gasteiger charge is -2.28. The molecule has 0 radical (unpaired) electrons. The van der Waals surface area contributed by atoms with Crippen molar-refractivity contribution in [1.82, 2.24) is 14.0 Å². The number of alkyl halides is 3. The Morgan fingerprint density at radius 1 is 1.37 bits per heavy atom. The van der Waals surface area contributed by atoms with Crippen molar-refractivity contribution in [1.29, 1.82) is 0 Å². The maximum absolute atomic E-state index is 12.4. The van der Waals surface area contributed by atoms with Crippen LogP contribution in [0.4, 0.5) is 13.2 Å². The summed E-state index contributed by atoms with van der Waals surface area (Å²) in [5, 5.41) is 0. The van der Waals surface area contributed by atoms with E-state index in [1.165, 1.54) is 4.42 Å². The van der Waals surface area contributed by atoms with Crippen LogP contribution in [0, 0.1) is 0 Å². The summed E-state index contributed by atoms with van der Waals surface area (Å²) < 4.78 is 39.5. The minimum Gasteiger partial charge on any atom is -0.303 e. The number of hydrogen-bond donors (Lipinski definition) is 1. The molecule has 9 heteroatoms. The summed E-state index contributed by atoms with van der Waals surface area (Å²) in [5.41, 5.74) is -3.36. The molecule has 1 aliphatic rings. The molecule has 106 valence electrons. The lowest BCUT2D eigenvalue weighted by Crippen LogP contribution is -2.44. The van der Waals surface area contributed by atoms with Gasteiger partial charge in [-0.3, -0.25) is 9.36 Å². The van der Waals surface area contributed by atoms with E-state index in [4.69, 9.17) is 11.8 Å². The minimum absolute atomic E-state index is 0.246. The predicted octanol–water partition coefficient (Wildman–Crippen LogP) is 1.35. The molecule has 1 aliphatic heterocycles. The molecule has 1 saturated heterocycles. The highest BCUT2D eigenvalue weighted by Crippen LogP contribution is 2.26. The van der Waals surface area contributed by atoms with Crippen LogP contribution in [-0.4, -0.2) is 27.1 Å². The molecule has 0 spiro atoms. The summed E-state index contributed by atoms with van der Waals surface area (Å²) in [6.07, 6.45) is -3.55. The van der Waals surface area contributed by atoms with Crippen LogP contribution in [0.5, 0.6) is 0 Å². The molecule has 0 amide bonds. The largest absolute Gasteiger partial charge is 0.431 e. The second kappa shape index (κ2) is 5.01. The maximum Gasteiger partial charge on any atom is 0.431 e. The van der Waals surface area contributed by atoms with Crippen LogP contribution in [0.3, 0.4) is 0 Å². The Morgan fingerprint density at radius 3 is 2.58 bits per heavy atom. The normalized spacial score (nSPS) is 21.6. The van der Waals surface area contributed by atoms with E-state index < -0.39 is 29.2 Å². The third kappa shape index (κ3) is 3.01. The van der Waals surface area contributed by atoms with E-state index in [1.807, 2.05) is 0 Å². The number of piperidine rings is 1. The van der Waals surface area contributed by atoms with Gasteiger partial charge in [0.1, 0.15) is 5.69 Å². The first kappa shape index (κ1) is 14.1. The van der Waals surface area contributed by atoms with Gasteiger partial charge in [0.2, 0.25) is 0 Å². The molecular formula is C10H11ClF3N3O2. The third-order valence-corrected chi connectivity index (χ3v) is 3.29. The number of aromatic nitrogens is 2. The van der Waals surface area contributed by atoms with Crippen molar-refractivity contribution in [2.75, 3.05) is 13.1 Å². The van der Waals surface area contributed by atoms with E-state index in [1.54, 1.807) is 4.98 Å². The van der Waals surface area contributed by atoms with Gasteiger partial charge in [-0.2, -0.15) is 13.2 Å². The Balaban J connectivity index is 2.43. The topological polar surface area (TPSA) is 58.1 Å². The zero-order valence-corrected chi connectivity index (χ0v) is 10.5. The zero-order valence-electron chi connectivity index (χ0n) is 9.71. The van der Waals surface area contributed by atoms with Crippen LogP contribution in [0.15, 0.2) is 15.7 Å². The number of nitrogens with one attached hydrogen (secondary N) is 1. The van der Waals surface area contributed by atoms with E-state index in [0.29, 0.717) is 25.5 Å². The lowest BCUT2D eigenvalue weighted by atomic mass is 10.1. The Hall–Kier alpha value is -1.28. The van der Waals surface area contributed by atoms with Gasteiger partial charge in [0.15, 0.2) is 0 Å². The molecule has 0 aromatic carbocycles.